The van der Waals surface area contributed by atoms with E-state index >= 15 is 0 Å². The molecule has 0 aliphatic heterocycles. The average Bonchev–Trinajstić information content (AvgIpc) is 2.53. The lowest BCUT2D eigenvalue weighted by Crippen LogP contribution is -2.29. The second kappa shape index (κ2) is 8.64. The SMILES string of the molecule is CC(C)(C)c1cc([C@@H](N)[C@@H](O)Cc2ccccc2)cc(C(C)(C)C)c1O.Cl. The molecule has 0 spiro atoms. The molecule has 3 nitrogen and oxygen atoms in total. The minimum absolute atomic E-state index is 0. The van der Waals surface area contributed by atoms with Crippen molar-refractivity contribution in [1.29, 1.82) is 0 Å². The molecule has 2 aromatic rings. The number of phenolic OH excluding ortho intramolecular Hbond substituents is 1. The first-order valence-corrected chi connectivity index (χ1v) is 9.26. The number of aliphatic hydroxyl groups excluding tert-OH is 1. The highest BCUT2D eigenvalue weighted by atomic mass is 35.5. The summed E-state index contributed by atoms with van der Waals surface area (Å²) >= 11 is 0. The van der Waals surface area contributed by atoms with Gasteiger partial charge in [-0.05, 0) is 45.2 Å². The quantitative estimate of drug-likeness (QED) is 0.686. The number of benzene rings is 2. The van der Waals surface area contributed by atoms with Crippen LogP contribution in [-0.4, -0.2) is 16.3 Å². The van der Waals surface area contributed by atoms with E-state index in [1.807, 2.05) is 42.5 Å². The number of rotatable bonds is 4. The maximum absolute atomic E-state index is 10.8. The first-order chi connectivity index (χ1) is 11.9. The summed E-state index contributed by atoms with van der Waals surface area (Å²) in [6.45, 7) is 12.4. The third-order valence-electron chi connectivity index (χ3n) is 4.84. The molecule has 0 aliphatic rings. The summed E-state index contributed by atoms with van der Waals surface area (Å²) in [6.07, 6.45) is -0.193. The molecule has 150 valence electrons. The number of hydrogen-bond donors (Lipinski definition) is 3. The zero-order valence-corrected chi connectivity index (χ0v) is 18.1. The monoisotopic (exact) mass is 391 g/mol. The lowest BCUT2D eigenvalue weighted by Gasteiger charge is -2.30. The number of nitrogens with two attached hydrogens (primary N) is 1. The molecule has 0 fully saturated rings. The zero-order valence-electron chi connectivity index (χ0n) is 17.3. The van der Waals surface area contributed by atoms with Crippen LogP contribution in [0.15, 0.2) is 42.5 Å². The standard InChI is InChI=1S/C23H33NO2.ClH/c1-22(2,3)17-13-16(14-18(21(17)26)23(4,5)6)20(24)19(25)12-15-10-8-7-9-11-15;/h7-11,13-14,19-20,25-26H,12,24H2,1-6H3;1H/t19-,20+;/m0./s1. The number of phenols is 1. The van der Waals surface area contributed by atoms with Gasteiger partial charge < -0.3 is 15.9 Å². The largest absolute Gasteiger partial charge is 0.507 e. The molecule has 4 N–H and O–H groups in total. The van der Waals surface area contributed by atoms with Crippen molar-refractivity contribution < 1.29 is 10.2 Å². The van der Waals surface area contributed by atoms with Crippen LogP contribution < -0.4 is 5.73 Å². The fraction of sp³-hybridized carbons (Fsp3) is 0.478. The van der Waals surface area contributed by atoms with Crippen LogP contribution in [0.3, 0.4) is 0 Å². The van der Waals surface area contributed by atoms with Crippen molar-refractivity contribution in [3.63, 3.8) is 0 Å². The van der Waals surface area contributed by atoms with Crippen molar-refractivity contribution in [3.8, 4) is 5.75 Å². The van der Waals surface area contributed by atoms with Gasteiger partial charge >= 0.3 is 0 Å². The smallest absolute Gasteiger partial charge is 0.123 e. The maximum atomic E-state index is 10.8. The van der Waals surface area contributed by atoms with Crippen LogP contribution in [0.1, 0.15) is 69.8 Å². The highest BCUT2D eigenvalue weighted by Crippen LogP contribution is 2.41. The van der Waals surface area contributed by atoms with Crippen LogP contribution in [0.25, 0.3) is 0 Å². The molecule has 0 unspecified atom stereocenters. The molecular weight excluding hydrogens is 358 g/mol. The van der Waals surface area contributed by atoms with Gasteiger partial charge in [0, 0.05) is 6.42 Å². The number of hydrogen-bond acceptors (Lipinski definition) is 3. The van der Waals surface area contributed by atoms with E-state index in [4.69, 9.17) is 5.73 Å². The molecule has 0 radical (unpaired) electrons. The van der Waals surface area contributed by atoms with E-state index in [0.717, 1.165) is 22.3 Å². The lowest BCUT2D eigenvalue weighted by molar-refractivity contribution is 0.145. The fourth-order valence-corrected chi connectivity index (χ4v) is 3.20. The van der Waals surface area contributed by atoms with E-state index in [9.17, 15) is 10.2 Å². The topological polar surface area (TPSA) is 66.5 Å². The van der Waals surface area contributed by atoms with Gasteiger partial charge in [0.2, 0.25) is 0 Å². The molecule has 0 aliphatic carbocycles. The molecular formula is C23H34ClNO2. The Balaban J connectivity index is 0.00000364. The predicted molar refractivity (Wildman–Crippen MR) is 116 cm³/mol. The highest BCUT2D eigenvalue weighted by molar-refractivity contribution is 5.85. The Kier molecular flexibility index (Phi) is 7.52. The van der Waals surface area contributed by atoms with Crippen molar-refractivity contribution in [2.75, 3.05) is 0 Å². The van der Waals surface area contributed by atoms with E-state index in [-0.39, 0.29) is 23.2 Å². The third kappa shape index (κ3) is 5.71. The zero-order chi connectivity index (χ0) is 19.7. The van der Waals surface area contributed by atoms with Gasteiger partial charge in [-0.3, -0.25) is 0 Å². The molecule has 2 aromatic carbocycles. The Morgan fingerprint density at radius 3 is 1.74 bits per heavy atom. The number of aromatic hydroxyl groups is 1. The summed E-state index contributed by atoms with van der Waals surface area (Å²) in [5.74, 6) is 0.332. The summed E-state index contributed by atoms with van der Waals surface area (Å²) in [4.78, 5) is 0. The second-order valence-electron chi connectivity index (χ2n) is 9.25. The predicted octanol–water partition coefficient (Wildman–Crippen LogP) is 5.01. The maximum Gasteiger partial charge on any atom is 0.123 e. The molecule has 0 amide bonds. The van der Waals surface area contributed by atoms with Crippen LogP contribution in [0.2, 0.25) is 0 Å². The van der Waals surface area contributed by atoms with Crippen molar-refractivity contribution in [3.05, 3.63) is 64.7 Å². The van der Waals surface area contributed by atoms with Crippen molar-refractivity contribution in [2.24, 2.45) is 5.73 Å². The van der Waals surface area contributed by atoms with Crippen LogP contribution in [-0.2, 0) is 17.3 Å². The summed E-state index contributed by atoms with van der Waals surface area (Å²) in [5, 5.41) is 21.5. The normalized spacial score (nSPS) is 14.4. The molecule has 0 aromatic heterocycles. The van der Waals surface area contributed by atoms with E-state index in [2.05, 4.69) is 41.5 Å². The van der Waals surface area contributed by atoms with E-state index in [1.165, 1.54) is 0 Å². The van der Waals surface area contributed by atoms with Crippen LogP contribution in [0.5, 0.6) is 5.75 Å². The van der Waals surface area contributed by atoms with E-state index in [1.54, 1.807) is 0 Å². The Labute approximate surface area is 170 Å². The minimum atomic E-state index is -0.692. The number of halogens is 1. The summed E-state index contributed by atoms with van der Waals surface area (Å²) in [5.41, 5.74) is 9.64. The molecule has 0 saturated carbocycles. The van der Waals surface area contributed by atoms with Gasteiger partial charge in [0.25, 0.3) is 0 Å². The van der Waals surface area contributed by atoms with Crippen molar-refractivity contribution >= 4 is 12.4 Å². The van der Waals surface area contributed by atoms with Crippen LogP contribution >= 0.6 is 12.4 Å². The van der Waals surface area contributed by atoms with Crippen LogP contribution in [0.4, 0.5) is 0 Å². The Morgan fingerprint density at radius 2 is 1.33 bits per heavy atom. The second-order valence-corrected chi connectivity index (χ2v) is 9.25. The molecule has 27 heavy (non-hydrogen) atoms. The highest BCUT2D eigenvalue weighted by Gasteiger charge is 2.29. The van der Waals surface area contributed by atoms with E-state index < -0.39 is 12.1 Å². The molecule has 0 saturated heterocycles. The molecule has 2 atom stereocenters. The van der Waals surface area contributed by atoms with Crippen molar-refractivity contribution in [2.45, 2.75) is 70.9 Å². The van der Waals surface area contributed by atoms with Gasteiger partial charge in [-0.2, -0.15) is 0 Å². The molecule has 2 rings (SSSR count). The van der Waals surface area contributed by atoms with Gasteiger partial charge in [-0.1, -0.05) is 71.9 Å². The fourth-order valence-electron chi connectivity index (χ4n) is 3.20. The Hall–Kier alpha value is -1.55. The summed E-state index contributed by atoms with van der Waals surface area (Å²) in [6, 6.07) is 13.3. The molecule has 4 heteroatoms. The summed E-state index contributed by atoms with van der Waals surface area (Å²) in [7, 11) is 0. The molecule has 0 bridgehead atoms. The average molecular weight is 392 g/mol. The first kappa shape index (κ1) is 23.5. The molecule has 0 heterocycles. The Bertz CT molecular complexity index is 710. The van der Waals surface area contributed by atoms with Gasteiger partial charge in [0.15, 0.2) is 0 Å². The van der Waals surface area contributed by atoms with E-state index in [0.29, 0.717) is 12.2 Å². The number of aliphatic hydroxyl groups is 1. The van der Waals surface area contributed by atoms with Gasteiger partial charge in [-0.25, -0.2) is 0 Å². The van der Waals surface area contributed by atoms with Gasteiger partial charge in [0.05, 0.1) is 12.1 Å². The third-order valence-corrected chi connectivity index (χ3v) is 4.84. The van der Waals surface area contributed by atoms with Crippen molar-refractivity contribution in [1.82, 2.24) is 0 Å². The lowest BCUT2D eigenvalue weighted by atomic mass is 9.77. The first-order valence-electron chi connectivity index (χ1n) is 9.26. The minimum Gasteiger partial charge on any atom is -0.507 e. The van der Waals surface area contributed by atoms with Gasteiger partial charge in [0.1, 0.15) is 5.75 Å². The Morgan fingerprint density at radius 1 is 0.889 bits per heavy atom. The van der Waals surface area contributed by atoms with Crippen LogP contribution in [0, 0.1) is 0 Å². The van der Waals surface area contributed by atoms with Gasteiger partial charge in [-0.15, -0.1) is 12.4 Å². The summed E-state index contributed by atoms with van der Waals surface area (Å²) < 4.78 is 0.